The third kappa shape index (κ3) is 2.69. The number of amides is 1. The zero-order valence-electron chi connectivity index (χ0n) is 13.8. The van der Waals surface area contributed by atoms with Gasteiger partial charge in [0.05, 0.1) is 21.1 Å². The summed E-state index contributed by atoms with van der Waals surface area (Å²) in [6.45, 7) is 0. The Morgan fingerprint density at radius 2 is 2.04 bits per heavy atom. The van der Waals surface area contributed by atoms with E-state index in [0.29, 0.717) is 12.0 Å². The van der Waals surface area contributed by atoms with Crippen molar-refractivity contribution in [1.29, 1.82) is 0 Å². The van der Waals surface area contributed by atoms with E-state index in [1.807, 2.05) is 6.07 Å². The van der Waals surface area contributed by atoms with Crippen LogP contribution >= 0.6 is 11.5 Å². The largest absolute Gasteiger partial charge is 0.481 e. The molecule has 1 aliphatic heterocycles. The lowest BCUT2D eigenvalue weighted by Crippen LogP contribution is -2.60. The molecule has 1 aromatic heterocycles. The first-order chi connectivity index (χ1) is 12.3. The van der Waals surface area contributed by atoms with Gasteiger partial charge in [-0.15, -0.1) is 0 Å². The number of aromatic nitrogens is 1. The minimum atomic E-state index is -3.33. The average Bonchev–Trinajstić information content (AvgIpc) is 3.02. The number of carbonyl (C=O) groups excluding carboxylic acids is 1. The van der Waals surface area contributed by atoms with Gasteiger partial charge in [0, 0.05) is 23.2 Å². The first-order valence-corrected chi connectivity index (χ1v) is 10.8. The number of sulfone groups is 1. The Kier molecular flexibility index (Phi) is 4.03. The monoisotopic (exact) mass is 394 g/mol. The Labute approximate surface area is 154 Å². The number of fused-ring (bicyclic) bond motifs is 1. The summed E-state index contributed by atoms with van der Waals surface area (Å²) in [7, 11) is -3.33. The number of carboxylic acids is 1. The van der Waals surface area contributed by atoms with Gasteiger partial charge < -0.3 is 10.4 Å². The fraction of sp³-hybridized carbons (Fsp3) is 0.471. The molecule has 1 aromatic carbocycles. The second kappa shape index (κ2) is 6.02. The number of carboxylic acid groups (broad SMARTS) is 1. The molecule has 0 radical (unpaired) electrons. The van der Waals surface area contributed by atoms with Gasteiger partial charge in [0.2, 0.25) is 0 Å². The molecule has 138 valence electrons. The van der Waals surface area contributed by atoms with E-state index in [1.54, 1.807) is 18.3 Å². The van der Waals surface area contributed by atoms with Gasteiger partial charge in [0.1, 0.15) is 0 Å². The predicted octanol–water partition coefficient (Wildman–Crippen LogP) is 1.84. The van der Waals surface area contributed by atoms with E-state index in [1.165, 1.54) is 11.5 Å². The van der Waals surface area contributed by atoms with Gasteiger partial charge in [0.15, 0.2) is 9.84 Å². The van der Waals surface area contributed by atoms with E-state index in [2.05, 4.69) is 9.69 Å². The van der Waals surface area contributed by atoms with Crippen LogP contribution in [0.2, 0.25) is 0 Å². The van der Waals surface area contributed by atoms with Crippen LogP contribution in [0.25, 0.3) is 10.1 Å². The molecule has 1 spiro atoms. The number of rotatable bonds is 3. The van der Waals surface area contributed by atoms with Gasteiger partial charge in [-0.25, -0.2) is 8.42 Å². The molecule has 1 aliphatic carbocycles. The van der Waals surface area contributed by atoms with Crippen LogP contribution in [0.5, 0.6) is 0 Å². The minimum Gasteiger partial charge on any atom is -0.481 e. The molecule has 2 aliphatic rings. The second-order valence-corrected chi connectivity index (χ2v) is 10.5. The quantitative estimate of drug-likeness (QED) is 0.821. The lowest BCUT2D eigenvalue weighted by Gasteiger charge is -2.49. The van der Waals surface area contributed by atoms with Crippen molar-refractivity contribution in [3.63, 3.8) is 0 Å². The van der Waals surface area contributed by atoms with Gasteiger partial charge in [-0.3, -0.25) is 9.59 Å². The summed E-state index contributed by atoms with van der Waals surface area (Å²) in [5, 5.41) is 12.8. The van der Waals surface area contributed by atoms with E-state index < -0.39 is 26.5 Å². The molecule has 1 atom stereocenters. The third-order valence-corrected chi connectivity index (χ3v) is 8.93. The molecule has 2 heterocycles. The lowest BCUT2D eigenvalue weighted by molar-refractivity contribution is -0.145. The van der Waals surface area contributed by atoms with Crippen LogP contribution in [0.1, 0.15) is 36.0 Å². The lowest BCUT2D eigenvalue weighted by atomic mass is 9.70. The number of benzene rings is 1. The molecule has 2 aromatic rings. The van der Waals surface area contributed by atoms with E-state index in [-0.39, 0.29) is 37.0 Å². The van der Waals surface area contributed by atoms with Crippen molar-refractivity contribution in [3.05, 3.63) is 30.0 Å². The van der Waals surface area contributed by atoms with E-state index >= 15 is 0 Å². The standard InChI is InChI=1S/C17H18N2O5S2/c20-15(12-2-1-3-14-13(12)9-18-25-14)19-11-4-5-26(23,24)17(8-11)6-10(7-17)16(21)22/h1-3,9-11H,4-8H2,(H,19,20)(H,21,22). The zero-order valence-corrected chi connectivity index (χ0v) is 15.5. The highest BCUT2D eigenvalue weighted by Crippen LogP contribution is 2.50. The van der Waals surface area contributed by atoms with Crippen molar-refractivity contribution in [3.8, 4) is 0 Å². The van der Waals surface area contributed by atoms with Crippen LogP contribution in [0.4, 0.5) is 0 Å². The molecule has 1 amide bonds. The molecule has 4 rings (SSSR count). The Balaban J connectivity index is 1.52. The van der Waals surface area contributed by atoms with Crippen molar-refractivity contribution < 1.29 is 23.1 Å². The molecule has 2 fully saturated rings. The van der Waals surface area contributed by atoms with Gasteiger partial charge >= 0.3 is 5.97 Å². The van der Waals surface area contributed by atoms with Crippen molar-refractivity contribution in [2.24, 2.45) is 5.92 Å². The highest BCUT2D eigenvalue weighted by molar-refractivity contribution is 7.92. The van der Waals surface area contributed by atoms with Crippen LogP contribution in [-0.2, 0) is 14.6 Å². The molecular weight excluding hydrogens is 376 g/mol. The normalized spacial score (nSPS) is 30.0. The molecule has 1 unspecified atom stereocenters. The Morgan fingerprint density at radius 3 is 2.77 bits per heavy atom. The number of hydrogen-bond acceptors (Lipinski definition) is 6. The Hall–Kier alpha value is -2.00. The topological polar surface area (TPSA) is 113 Å². The summed E-state index contributed by atoms with van der Waals surface area (Å²) in [6, 6.07) is 5.14. The molecule has 7 nitrogen and oxygen atoms in total. The zero-order chi connectivity index (χ0) is 18.5. The molecule has 1 saturated heterocycles. The van der Waals surface area contributed by atoms with Gasteiger partial charge in [-0.2, -0.15) is 4.37 Å². The molecule has 26 heavy (non-hydrogen) atoms. The van der Waals surface area contributed by atoms with E-state index in [9.17, 15) is 18.0 Å². The van der Waals surface area contributed by atoms with Crippen molar-refractivity contribution >= 4 is 43.3 Å². The summed E-state index contributed by atoms with van der Waals surface area (Å²) in [4.78, 5) is 23.8. The first-order valence-electron chi connectivity index (χ1n) is 8.41. The van der Waals surface area contributed by atoms with Gasteiger partial charge in [-0.05, 0) is 49.3 Å². The Morgan fingerprint density at radius 1 is 1.27 bits per heavy atom. The number of carbonyl (C=O) groups is 2. The fourth-order valence-corrected chi connectivity index (χ4v) is 7.17. The third-order valence-electron chi connectivity index (χ3n) is 5.58. The number of nitrogens with zero attached hydrogens (tertiary/aromatic N) is 1. The summed E-state index contributed by atoms with van der Waals surface area (Å²) in [5.41, 5.74) is 0.524. The SMILES string of the molecule is O=C(NC1CCS(=O)(=O)C2(C1)CC(C(=O)O)C2)c1cccc2sncc12. The molecule has 0 bridgehead atoms. The summed E-state index contributed by atoms with van der Waals surface area (Å²) in [6.07, 6.45) is 2.57. The van der Waals surface area contributed by atoms with Crippen LogP contribution in [0.3, 0.4) is 0 Å². The van der Waals surface area contributed by atoms with Crippen molar-refractivity contribution in [2.45, 2.75) is 36.5 Å². The summed E-state index contributed by atoms with van der Waals surface area (Å²) >= 11 is 1.32. The smallest absolute Gasteiger partial charge is 0.306 e. The molecular formula is C17H18N2O5S2. The highest BCUT2D eigenvalue weighted by atomic mass is 32.2. The number of nitrogens with one attached hydrogen (secondary N) is 1. The van der Waals surface area contributed by atoms with Crippen molar-refractivity contribution in [1.82, 2.24) is 9.69 Å². The number of aliphatic carboxylic acids is 1. The van der Waals surface area contributed by atoms with Gasteiger partial charge in [0.25, 0.3) is 5.91 Å². The van der Waals surface area contributed by atoms with Crippen LogP contribution in [-0.4, -0.2) is 46.3 Å². The number of hydrogen-bond donors (Lipinski definition) is 2. The summed E-state index contributed by atoms with van der Waals surface area (Å²) in [5.74, 6) is -1.82. The molecule has 1 saturated carbocycles. The second-order valence-electron chi connectivity index (χ2n) is 7.15. The fourth-order valence-electron chi connectivity index (χ4n) is 4.10. The van der Waals surface area contributed by atoms with Crippen LogP contribution in [0, 0.1) is 5.92 Å². The van der Waals surface area contributed by atoms with Crippen LogP contribution < -0.4 is 5.32 Å². The first kappa shape index (κ1) is 17.4. The molecule has 9 heteroatoms. The van der Waals surface area contributed by atoms with E-state index in [0.717, 1.165) is 10.1 Å². The minimum absolute atomic E-state index is 0.0194. The molecule has 2 N–H and O–H groups in total. The highest BCUT2D eigenvalue weighted by Gasteiger charge is 2.58. The Bertz CT molecular complexity index is 992. The average molecular weight is 394 g/mol. The van der Waals surface area contributed by atoms with Crippen molar-refractivity contribution in [2.75, 3.05) is 5.75 Å². The maximum atomic E-state index is 12.7. The predicted molar refractivity (Wildman–Crippen MR) is 97.0 cm³/mol. The summed E-state index contributed by atoms with van der Waals surface area (Å²) < 4.78 is 29.0. The van der Waals surface area contributed by atoms with E-state index in [4.69, 9.17) is 5.11 Å². The van der Waals surface area contributed by atoms with Gasteiger partial charge in [-0.1, -0.05) is 6.07 Å². The maximum Gasteiger partial charge on any atom is 0.306 e. The maximum absolute atomic E-state index is 12.7. The van der Waals surface area contributed by atoms with Crippen LogP contribution in [0.15, 0.2) is 24.4 Å².